The Morgan fingerprint density at radius 2 is 2.00 bits per heavy atom. The van der Waals surface area contributed by atoms with Crippen LogP contribution in [0.15, 0.2) is 0 Å². The van der Waals surface area contributed by atoms with Crippen molar-refractivity contribution in [1.29, 1.82) is 0 Å². The van der Waals surface area contributed by atoms with E-state index in [0.29, 0.717) is 0 Å². The molecular formula is C3H7Br2Sb. The maximum absolute atomic E-state index is 3.53. The van der Waals surface area contributed by atoms with E-state index in [1.807, 2.05) is 0 Å². The normalized spacial score (nSPS) is 10.0. The molecule has 0 N–H and O–H groups in total. The fourth-order valence-electron chi connectivity index (χ4n) is 0.169. The van der Waals surface area contributed by atoms with Gasteiger partial charge in [-0.15, -0.1) is 0 Å². The summed E-state index contributed by atoms with van der Waals surface area (Å²) in [4.78, 5) is 0. The van der Waals surface area contributed by atoms with Gasteiger partial charge < -0.3 is 0 Å². The Labute approximate surface area is 58.0 Å². The van der Waals surface area contributed by atoms with Crippen LogP contribution in [0.5, 0.6) is 0 Å². The Bertz CT molecular complexity index is 30.0. The van der Waals surface area contributed by atoms with Gasteiger partial charge in [0.25, 0.3) is 0 Å². The summed E-state index contributed by atoms with van der Waals surface area (Å²) in [6.45, 7) is 2.21. The van der Waals surface area contributed by atoms with Gasteiger partial charge in [0.15, 0.2) is 0 Å². The number of halogens is 2. The number of hydrogen-bond donors (Lipinski definition) is 0. The predicted octanol–water partition coefficient (Wildman–Crippen LogP) is 2.67. The molecule has 0 aliphatic rings. The molecule has 0 radical (unpaired) electrons. The summed E-state index contributed by atoms with van der Waals surface area (Å²) in [6.07, 6.45) is 1.32. The molecule has 0 aromatic heterocycles. The summed E-state index contributed by atoms with van der Waals surface area (Å²) in [5.41, 5.74) is 0. The summed E-state index contributed by atoms with van der Waals surface area (Å²) in [5, 5.41) is 0. The molecule has 0 aromatic rings. The minimum atomic E-state index is -0.887. The summed E-state index contributed by atoms with van der Waals surface area (Å²) in [5.74, 6) is 0. The van der Waals surface area contributed by atoms with E-state index < -0.39 is 15.7 Å². The van der Waals surface area contributed by atoms with Gasteiger partial charge >= 0.3 is 58.6 Å². The van der Waals surface area contributed by atoms with Crippen molar-refractivity contribution in [2.75, 3.05) is 0 Å². The first-order chi connectivity index (χ1) is 2.77. The van der Waals surface area contributed by atoms with Gasteiger partial charge in [-0.25, -0.2) is 0 Å². The molecule has 0 fully saturated rings. The zero-order valence-corrected chi connectivity index (χ0v) is 9.34. The van der Waals surface area contributed by atoms with Gasteiger partial charge in [0.05, 0.1) is 0 Å². The van der Waals surface area contributed by atoms with Crippen LogP contribution in [0.2, 0.25) is 4.37 Å². The molecule has 0 bridgehead atoms. The third kappa shape index (κ3) is 5.78. The summed E-state index contributed by atoms with van der Waals surface area (Å²) >= 11 is 6.18. The molecule has 0 aliphatic heterocycles. The first-order valence-corrected chi connectivity index (χ1v) is 15.1. The van der Waals surface area contributed by atoms with Crippen molar-refractivity contribution in [3.8, 4) is 0 Å². The van der Waals surface area contributed by atoms with Crippen LogP contribution in [-0.4, -0.2) is 15.7 Å². The summed E-state index contributed by atoms with van der Waals surface area (Å²) < 4.78 is 1.39. The van der Waals surface area contributed by atoms with E-state index in [1.165, 1.54) is 10.8 Å². The Morgan fingerprint density at radius 1 is 1.50 bits per heavy atom. The molecule has 6 heavy (non-hydrogen) atoms. The van der Waals surface area contributed by atoms with Crippen LogP contribution in [0.25, 0.3) is 0 Å². The van der Waals surface area contributed by atoms with Crippen LogP contribution in [0, 0.1) is 0 Å². The quantitative estimate of drug-likeness (QED) is 0.685. The molecule has 0 unspecified atom stereocenters. The second-order valence-corrected chi connectivity index (χ2v) is 21.9. The monoisotopic (exact) mass is 322 g/mol. The van der Waals surface area contributed by atoms with Crippen molar-refractivity contribution >= 4 is 40.9 Å². The van der Waals surface area contributed by atoms with E-state index in [1.54, 1.807) is 0 Å². The van der Waals surface area contributed by atoms with Crippen molar-refractivity contribution in [3.05, 3.63) is 0 Å². The van der Waals surface area contributed by atoms with Gasteiger partial charge in [-0.1, -0.05) is 0 Å². The third-order valence-electron chi connectivity index (χ3n) is 0.393. The molecule has 0 amide bonds. The Kier molecular flexibility index (Phi) is 6.39. The zero-order valence-electron chi connectivity index (χ0n) is 3.62. The van der Waals surface area contributed by atoms with Crippen LogP contribution in [0.1, 0.15) is 13.3 Å². The van der Waals surface area contributed by atoms with Crippen LogP contribution < -0.4 is 0 Å². The fourth-order valence-corrected chi connectivity index (χ4v) is 5.89. The molecule has 38 valence electrons. The van der Waals surface area contributed by atoms with E-state index in [2.05, 4.69) is 32.1 Å². The van der Waals surface area contributed by atoms with E-state index >= 15 is 0 Å². The van der Waals surface area contributed by atoms with Crippen molar-refractivity contribution in [1.82, 2.24) is 0 Å². The van der Waals surface area contributed by atoms with Crippen molar-refractivity contribution in [2.24, 2.45) is 0 Å². The average Bonchev–Trinajstić information content (AvgIpc) is 1.35. The molecule has 3 heteroatoms. The molecule has 0 nitrogen and oxygen atoms in total. The molecule has 0 aliphatic carbocycles. The van der Waals surface area contributed by atoms with Gasteiger partial charge in [0.2, 0.25) is 0 Å². The van der Waals surface area contributed by atoms with E-state index in [0.717, 1.165) is 0 Å². The minimum absolute atomic E-state index is 0.887. The van der Waals surface area contributed by atoms with Crippen LogP contribution in [0.4, 0.5) is 0 Å². The average molecular weight is 325 g/mol. The van der Waals surface area contributed by atoms with Gasteiger partial charge in [-0.3, -0.25) is 0 Å². The Hall–Kier alpha value is 1.78. The Morgan fingerprint density at radius 3 is 2.00 bits per heavy atom. The van der Waals surface area contributed by atoms with Gasteiger partial charge in [0.1, 0.15) is 0 Å². The van der Waals surface area contributed by atoms with Crippen LogP contribution in [0.3, 0.4) is 0 Å². The third-order valence-corrected chi connectivity index (χ3v) is 7.39. The van der Waals surface area contributed by atoms with Crippen LogP contribution in [-0.2, 0) is 0 Å². The summed E-state index contributed by atoms with van der Waals surface area (Å²) in [6, 6.07) is 0. The first-order valence-electron chi connectivity index (χ1n) is 1.86. The molecule has 0 heterocycles. The van der Waals surface area contributed by atoms with Gasteiger partial charge in [-0.05, 0) is 0 Å². The van der Waals surface area contributed by atoms with E-state index in [9.17, 15) is 0 Å². The molecule has 0 atom stereocenters. The topological polar surface area (TPSA) is 0 Å². The SMILES string of the molecule is CC[CH2][Sb]([Br])[Br]. The summed E-state index contributed by atoms with van der Waals surface area (Å²) in [7, 11) is 0. The Balaban J connectivity index is 2.63. The second-order valence-electron chi connectivity index (χ2n) is 1.03. The van der Waals surface area contributed by atoms with Crippen molar-refractivity contribution < 1.29 is 0 Å². The predicted molar refractivity (Wildman–Crippen MR) is 38.7 cm³/mol. The number of hydrogen-bond acceptors (Lipinski definition) is 0. The number of rotatable bonds is 2. The maximum atomic E-state index is 3.53. The fraction of sp³-hybridized carbons (Fsp3) is 1.00. The van der Waals surface area contributed by atoms with E-state index in [4.69, 9.17) is 0 Å². The molecule has 0 rings (SSSR count). The van der Waals surface area contributed by atoms with Gasteiger partial charge in [0, 0.05) is 0 Å². The van der Waals surface area contributed by atoms with E-state index in [-0.39, 0.29) is 0 Å². The standard InChI is InChI=1S/C3H7.2BrH.Sb/c1-3-2;;;/h1,3H2,2H3;2*1H;/q;;;+2/p-2. The van der Waals surface area contributed by atoms with Crippen molar-refractivity contribution in [3.63, 3.8) is 0 Å². The first kappa shape index (κ1) is 7.78. The molecular weight excluding hydrogens is 318 g/mol. The zero-order chi connectivity index (χ0) is 4.99. The molecule has 0 aromatic carbocycles. The van der Waals surface area contributed by atoms with Crippen molar-refractivity contribution in [2.45, 2.75) is 17.7 Å². The van der Waals surface area contributed by atoms with Crippen LogP contribution >= 0.6 is 25.2 Å². The van der Waals surface area contributed by atoms with Gasteiger partial charge in [-0.2, -0.15) is 0 Å². The molecule has 0 spiro atoms. The second kappa shape index (κ2) is 4.93. The molecule has 0 saturated carbocycles. The molecule has 0 saturated heterocycles.